The lowest BCUT2D eigenvalue weighted by Crippen LogP contribution is -2.61. The fraction of sp³-hybridized carbons (Fsp3) is 0.600. The van der Waals surface area contributed by atoms with Gasteiger partial charge in [-0.15, -0.1) is 0 Å². The lowest BCUT2D eigenvalue weighted by molar-refractivity contribution is -0.146. The highest BCUT2D eigenvalue weighted by Crippen LogP contribution is 2.20. The van der Waals surface area contributed by atoms with Crippen molar-refractivity contribution in [3.63, 3.8) is 0 Å². The minimum absolute atomic E-state index is 0.0181. The van der Waals surface area contributed by atoms with Crippen molar-refractivity contribution in [3.8, 4) is 0 Å². The molecule has 456 valence electrons. The number of carboxylic acids is 3. The van der Waals surface area contributed by atoms with Crippen molar-refractivity contribution in [2.45, 2.75) is 138 Å². The zero-order valence-electron chi connectivity index (χ0n) is 44.5. The van der Waals surface area contributed by atoms with Crippen LogP contribution < -0.4 is 76.9 Å². The standard InChI is InChI=1S/C45H73N19O17S/c1-20(34(71)57-23(8-9-31(47)66)36(73)59-26(14-32(67)68)38(75)58-24(43(80)81)6-3-11-54-45(50)51)56-39(76)28(17-65)62-40(77)29(18-82)63-37(74)25(13-21-16-52-19-55-21)60-41(78)30-7-4-12-64(30)42(79)27(15-33(69)70)61-35(72)22(46)5-2-10-53-44(48)49/h16,19-20,22-30,65,82H,2-15,17-18,46H2,1H3,(H2,47,66)(H,52,55)(H,56,76)(H,57,71)(H,58,75)(H,59,73)(H,60,78)(H,61,72)(H,62,77)(H,63,74)(H,67,68)(H,69,70)(H,80,81)(H4,48,49,53)(H4,50,51,54)/t20-,22-,23-,24-,25-,26-,27-,28-,29-,30-/m0/s1. The number of aliphatic hydroxyl groups is 1. The van der Waals surface area contributed by atoms with E-state index < -0.39 is 175 Å². The highest BCUT2D eigenvalue weighted by molar-refractivity contribution is 7.80. The predicted octanol–water partition coefficient (Wildman–Crippen LogP) is -9.50. The third kappa shape index (κ3) is 24.7. The minimum Gasteiger partial charge on any atom is -0.481 e. The number of likely N-dealkylation sites (tertiary alicyclic amines) is 1. The van der Waals surface area contributed by atoms with Crippen LogP contribution >= 0.6 is 12.6 Å². The number of aliphatic carboxylic acids is 3. The van der Waals surface area contributed by atoms with Gasteiger partial charge in [-0.25, -0.2) is 9.78 Å². The summed E-state index contributed by atoms with van der Waals surface area (Å²) in [6.45, 7) is 0.0726. The number of imidazole rings is 1. The second-order valence-corrected chi connectivity index (χ2v) is 18.9. The molecule has 1 aromatic rings. The largest absolute Gasteiger partial charge is 0.481 e. The van der Waals surface area contributed by atoms with Gasteiger partial charge in [0.05, 0.1) is 31.8 Å². The summed E-state index contributed by atoms with van der Waals surface area (Å²) in [5.74, 6) is -16.1. The van der Waals surface area contributed by atoms with Gasteiger partial charge in [-0.2, -0.15) is 12.6 Å². The number of aromatic nitrogens is 2. The summed E-state index contributed by atoms with van der Waals surface area (Å²) in [6, 6.07) is -15.9. The molecule has 0 aliphatic carbocycles. The average Bonchev–Trinajstić information content (AvgIpc) is 4.25. The number of hydrogen-bond donors (Lipinski definition) is 20. The molecule has 25 N–H and O–H groups in total. The molecule has 82 heavy (non-hydrogen) atoms. The van der Waals surface area contributed by atoms with Crippen LogP contribution in [0.25, 0.3) is 0 Å². The Morgan fingerprint density at radius 1 is 0.659 bits per heavy atom. The van der Waals surface area contributed by atoms with Gasteiger partial charge >= 0.3 is 17.9 Å². The number of amides is 10. The van der Waals surface area contributed by atoms with Gasteiger partial charge in [0, 0.05) is 50.1 Å². The van der Waals surface area contributed by atoms with E-state index in [1.807, 2.05) is 0 Å². The summed E-state index contributed by atoms with van der Waals surface area (Å²) in [7, 11) is 0. The van der Waals surface area contributed by atoms with Crippen LogP contribution in [0.2, 0.25) is 0 Å². The van der Waals surface area contributed by atoms with Crippen molar-refractivity contribution in [1.29, 1.82) is 0 Å². The molecule has 0 spiro atoms. The Labute approximate surface area is 473 Å². The highest BCUT2D eigenvalue weighted by atomic mass is 32.1. The number of rotatable bonds is 37. The first kappa shape index (κ1) is 69.2. The lowest BCUT2D eigenvalue weighted by atomic mass is 10.1. The summed E-state index contributed by atoms with van der Waals surface area (Å²) in [4.78, 5) is 184. The van der Waals surface area contributed by atoms with E-state index >= 15 is 0 Å². The van der Waals surface area contributed by atoms with Crippen LogP contribution in [0.1, 0.15) is 76.8 Å². The maximum Gasteiger partial charge on any atom is 0.326 e. The number of nitrogens with zero attached hydrogens (tertiary/aromatic N) is 4. The van der Waals surface area contributed by atoms with Gasteiger partial charge in [0.1, 0.15) is 54.4 Å². The molecule has 2 heterocycles. The van der Waals surface area contributed by atoms with Crippen molar-refractivity contribution in [3.05, 3.63) is 18.2 Å². The molecule has 1 aromatic heterocycles. The van der Waals surface area contributed by atoms with Gasteiger partial charge < -0.3 is 107 Å². The molecule has 2 rings (SSSR count). The van der Waals surface area contributed by atoms with Crippen LogP contribution in [-0.4, -0.2) is 217 Å². The fourth-order valence-electron chi connectivity index (χ4n) is 7.75. The van der Waals surface area contributed by atoms with E-state index in [-0.39, 0.29) is 76.5 Å². The van der Waals surface area contributed by atoms with Crippen LogP contribution in [0.15, 0.2) is 22.5 Å². The van der Waals surface area contributed by atoms with Crippen molar-refractivity contribution < 1.29 is 82.8 Å². The lowest BCUT2D eigenvalue weighted by Gasteiger charge is -2.30. The second kappa shape index (κ2) is 35.0. The number of carbonyl (C=O) groups is 13. The molecule has 0 bridgehead atoms. The number of nitrogens with two attached hydrogens (primary N) is 6. The van der Waals surface area contributed by atoms with E-state index in [0.29, 0.717) is 5.69 Å². The Kier molecular flexibility index (Phi) is 29.5. The minimum atomic E-state index is -1.93. The molecule has 1 aliphatic heterocycles. The third-order valence-corrected chi connectivity index (χ3v) is 12.4. The molecule has 37 heteroatoms. The molecule has 1 aliphatic rings. The van der Waals surface area contributed by atoms with Gasteiger partial charge in [0.2, 0.25) is 59.1 Å². The van der Waals surface area contributed by atoms with Crippen LogP contribution in [-0.2, 0) is 68.7 Å². The first-order valence-electron chi connectivity index (χ1n) is 25.3. The normalized spacial score (nSPS) is 16.0. The summed E-state index contributed by atoms with van der Waals surface area (Å²) >= 11 is 4.14. The Balaban J connectivity index is 2.21. The number of thiol groups is 1. The van der Waals surface area contributed by atoms with Gasteiger partial charge in [0.15, 0.2) is 11.9 Å². The molecule has 0 aromatic carbocycles. The molecule has 10 atom stereocenters. The number of carboxylic acid groups (broad SMARTS) is 3. The molecule has 0 unspecified atom stereocenters. The van der Waals surface area contributed by atoms with Gasteiger partial charge in [0.25, 0.3) is 0 Å². The van der Waals surface area contributed by atoms with Crippen LogP contribution in [0, 0.1) is 0 Å². The monoisotopic (exact) mass is 1180 g/mol. The maximum absolute atomic E-state index is 14.0. The molecule has 10 amide bonds. The van der Waals surface area contributed by atoms with Crippen molar-refractivity contribution in [2.24, 2.45) is 44.4 Å². The van der Waals surface area contributed by atoms with Gasteiger partial charge in [-0.05, 0) is 51.9 Å². The molecular weight excluding hydrogens is 1110 g/mol. The summed E-state index contributed by atoms with van der Waals surface area (Å²) in [5, 5.41) is 57.0. The Bertz CT molecular complexity index is 2490. The quantitative estimate of drug-likeness (QED) is 0.0127. The number of guanidine groups is 2. The smallest absolute Gasteiger partial charge is 0.326 e. The van der Waals surface area contributed by atoms with E-state index in [1.54, 1.807) is 0 Å². The van der Waals surface area contributed by atoms with E-state index in [9.17, 15) is 82.8 Å². The molecule has 1 saturated heterocycles. The van der Waals surface area contributed by atoms with Crippen molar-refractivity contribution >= 4 is 102 Å². The molecular formula is C45H73N19O17S. The number of aliphatic imine (C=N–C) groups is 2. The summed E-state index contributed by atoms with van der Waals surface area (Å²) in [5.41, 5.74) is 32.7. The highest BCUT2D eigenvalue weighted by Gasteiger charge is 2.41. The number of aliphatic hydroxyl groups excluding tert-OH is 1. The predicted molar refractivity (Wildman–Crippen MR) is 287 cm³/mol. The van der Waals surface area contributed by atoms with Crippen LogP contribution in [0.5, 0.6) is 0 Å². The first-order valence-corrected chi connectivity index (χ1v) is 25.9. The molecule has 1 fully saturated rings. The number of primary amides is 1. The van der Waals surface area contributed by atoms with Crippen molar-refractivity contribution in [1.82, 2.24) is 57.4 Å². The molecule has 36 nitrogen and oxygen atoms in total. The number of H-pyrrole nitrogens is 1. The summed E-state index contributed by atoms with van der Waals surface area (Å²) in [6.07, 6.45) is -0.246. The van der Waals surface area contributed by atoms with Crippen LogP contribution in [0.3, 0.4) is 0 Å². The topological polar surface area (TPSA) is 612 Å². The Morgan fingerprint density at radius 3 is 1.72 bits per heavy atom. The second-order valence-electron chi connectivity index (χ2n) is 18.5. The SMILES string of the molecule is C[C@H](NC(=O)[C@H](CO)NC(=O)[C@H](CS)NC(=O)[C@H](Cc1cnc[nH]1)NC(=O)[C@@H]1CCCN1C(=O)[C@H](CC(=O)O)NC(=O)[C@@H](N)CCCN=C(N)N)C(=O)N[C@@H](CCC(N)=O)C(=O)N[C@@H](CC(=O)O)C(=O)N[C@@H](CCCN=C(N)N)C(=O)O. The zero-order chi connectivity index (χ0) is 61.8. The zero-order valence-corrected chi connectivity index (χ0v) is 45.4. The fourth-order valence-corrected chi connectivity index (χ4v) is 8.01. The third-order valence-electron chi connectivity index (χ3n) is 12.0. The van der Waals surface area contributed by atoms with Gasteiger partial charge in [-0.3, -0.25) is 67.5 Å². The van der Waals surface area contributed by atoms with E-state index in [1.165, 1.54) is 12.5 Å². The molecule has 0 saturated carbocycles. The van der Waals surface area contributed by atoms with E-state index in [2.05, 4.69) is 75.1 Å². The van der Waals surface area contributed by atoms with Crippen molar-refractivity contribution in [2.75, 3.05) is 32.0 Å². The summed E-state index contributed by atoms with van der Waals surface area (Å²) < 4.78 is 0. The number of carbonyl (C=O) groups excluding carboxylic acids is 10. The Morgan fingerprint density at radius 2 is 1.17 bits per heavy atom. The molecule has 0 radical (unpaired) electrons. The maximum atomic E-state index is 14.0. The number of aromatic amines is 1. The average molecular weight is 1180 g/mol. The van der Waals surface area contributed by atoms with E-state index in [4.69, 9.17) is 34.4 Å². The number of nitrogens with one attached hydrogen (secondary N) is 9. The van der Waals surface area contributed by atoms with E-state index in [0.717, 1.165) is 11.8 Å². The Hall–Kier alpha value is -8.87. The van der Waals surface area contributed by atoms with Gasteiger partial charge in [-0.1, -0.05) is 0 Å². The number of hydrogen-bond acceptors (Lipinski definition) is 19. The first-order chi connectivity index (χ1) is 38.6. The van der Waals surface area contributed by atoms with Crippen LogP contribution in [0.4, 0.5) is 0 Å².